The van der Waals surface area contributed by atoms with Crippen molar-refractivity contribution in [2.45, 2.75) is 0 Å². The highest BCUT2D eigenvalue weighted by Gasteiger charge is 2.10. The van der Waals surface area contributed by atoms with Crippen LogP contribution in [0.4, 0.5) is 0 Å². The lowest BCUT2D eigenvalue weighted by Gasteiger charge is -2.09. The van der Waals surface area contributed by atoms with Crippen LogP contribution in [0.1, 0.15) is 0 Å². The zero-order chi connectivity index (χ0) is 20.1. The van der Waals surface area contributed by atoms with Gasteiger partial charge in [-0.2, -0.15) is 0 Å². The molecule has 0 aliphatic carbocycles. The quantitative estimate of drug-likeness (QED) is 0.444. The van der Waals surface area contributed by atoms with Gasteiger partial charge in [-0.3, -0.25) is 0 Å². The summed E-state index contributed by atoms with van der Waals surface area (Å²) in [6.45, 7) is 1.89. The molecule has 0 spiro atoms. The van der Waals surface area contributed by atoms with E-state index in [0.717, 1.165) is 16.6 Å². The third-order valence-electron chi connectivity index (χ3n) is 4.30. The van der Waals surface area contributed by atoms with Gasteiger partial charge in [0, 0.05) is 11.9 Å². The second-order valence-electron chi connectivity index (χ2n) is 6.34. The van der Waals surface area contributed by atoms with Crippen molar-refractivity contribution in [3.63, 3.8) is 0 Å². The molecule has 0 fully saturated rings. The molecule has 0 radical (unpaired) electrons. The fourth-order valence-corrected chi connectivity index (χ4v) is 2.89. The third kappa shape index (κ3) is 4.34. The molecular weight excluding hydrogens is 370 g/mol. The van der Waals surface area contributed by atoms with Crippen molar-refractivity contribution in [1.29, 1.82) is 0 Å². The fourth-order valence-electron chi connectivity index (χ4n) is 2.89. The van der Waals surface area contributed by atoms with Crippen LogP contribution < -0.4 is 10.5 Å². The molecule has 2 heterocycles. The molecule has 0 unspecified atom stereocenters. The number of hydrogen-bond donors (Lipinski definition) is 2. The number of benzene rings is 2. The van der Waals surface area contributed by atoms with Crippen LogP contribution >= 0.6 is 0 Å². The molecule has 2 aromatic carbocycles. The summed E-state index contributed by atoms with van der Waals surface area (Å²) in [4.78, 5) is 4.74. The molecule has 29 heavy (non-hydrogen) atoms. The summed E-state index contributed by atoms with van der Waals surface area (Å²) >= 11 is 0. The summed E-state index contributed by atoms with van der Waals surface area (Å²) < 4.78 is 12.8. The summed E-state index contributed by atoms with van der Waals surface area (Å²) in [6, 6.07) is 16.4. The summed E-state index contributed by atoms with van der Waals surface area (Å²) in [5.74, 6) is 0.887. The largest absolute Gasteiger partial charge is 0.508 e. The highest BCUT2D eigenvalue weighted by atomic mass is 16.5. The maximum atomic E-state index is 9.44. The van der Waals surface area contributed by atoms with Gasteiger partial charge in [0.2, 0.25) is 0 Å². The number of pyridine rings is 1. The van der Waals surface area contributed by atoms with Gasteiger partial charge in [0.05, 0.1) is 30.8 Å². The second kappa shape index (κ2) is 8.68. The van der Waals surface area contributed by atoms with Crippen molar-refractivity contribution >= 4 is 10.9 Å². The van der Waals surface area contributed by atoms with Gasteiger partial charge in [0.1, 0.15) is 29.3 Å². The van der Waals surface area contributed by atoms with Crippen molar-refractivity contribution in [1.82, 2.24) is 20.0 Å². The Morgan fingerprint density at radius 2 is 1.79 bits per heavy atom. The minimum atomic E-state index is 0.200. The molecule has 0 bridgehead atoms. The SMILES string of the molecule is NCCOCCOc1cccc2ccc(-c3cn(-c4ccc(O)cc4)nn3)nc12. The molecule has 3 N–H and O–H groups in total. The maximum Gasteiger partial charge on any atom is 0.145 e. The number of ether oxygens (including phenoxy) is 2. The minimum Gasteiger partial charge on any atom is -0.508 e. The Bertz CT molecular complexity index is 1100. The van der Waals surface area contributed by atoms with Crippen molar-refractivity contribution in [2.75, 3.05) is 26.4 Å². The van der Waals surface area contributed by atoms with Gasteiger partial charge in [-0.1, -0.05) is 23.4 Å². The molecule has 0 aliphatic rings. The first-order valence-corrected chi connectivity index (χ1v) is 9.27. The van der Waals surface area contributed by atoms with Gasteiger partial charge in [0.25, 0.3) is 0 Å². The highest BCUT2D eigenvalue weighted by Crippen LogP contribution is 2.27. The maximum absolute atomic E-state index is 9.44. The van der Waals surface area contributed by atoms with Crippen LogP contribution in [-0.2, 0) is 4.74 Å². The zero-order valence-corrected chi connectivity index (χ0v) is 15.7. The van der Waals surface area contributed by atoms with E-state index in [1.165, 1.54) is 0 Å². The van der Waals surface area contributed by atoms with E-state index in [1.54, 1.807) is 35.1 Å². The average molecular weight is 391 g/mol. The van der Waals surface area contributed by atoms with Crippen molar-refractivity contribution in [3.05, 3.63) is 60.8 Å². The first-order chi connectivity index (χ1) is 14.2. The molecule has 8 nitrogen and oxygen atoms in total. The molecule has 148 valence electrons. The fraction of sp³-hybridized carbons (Fsp3) is 0.190. The van der Waals surface area contributed by atoms with Crippen LogP contribution in [0.15, 0.2) is 60.8 Å². The number of hydrogen-bond acceptors (Lipinski definition) is 7. The predicted molar refractivity (Wildman–Crippen MR) is 109 cm³/mol. The lowest BCUT2D eigenvalue weighted by atomic mass is 10.1. The van der Waals surface area contributed by atoms with Gasteiger partial charge in [-0.15, -0.1) is 5.10 Å². The van der Waals surface area contributed by atoms with E-state index in [0.29, 0.717) is 43.5 Å². The smallest absolute Gasteiger partial charge is 0.145 e. The Balaban J connectivity index is 1.58. The first-order valence-electron chi connectivity index (χ1n) is 9.27. The Hall–Kier alpha value is -3.49. The summed E-state index contributed by atoms with van der Waals surface area (Å²) in [7, 11) is 0. The van der Waals surface area contributed by atoms with Crippen LogP contribution in [0.2, 0.25) is 0 Å². The van der Waals surface area contributed by atoms with Crippen LogP contribution in [0.5, 0.6) is 11.5 Å². The summed E-state index contributed by atoms with van der Waals surface area (Å²) in [5.41, 5.74) is 8.29. The number of aromatic hydroxyl groups is 1. The first kappa shape index (κ1) is 18.9. The van der Waals surface area contributed by atoms with E-state index in [9.17, 15) is 5.11 Å². The number of para-hydroxylation sites is 1. The van der Waals surface area contributed by atoms with E-state index in [2.05, 4.69) is 10.3 Å². The van der Waals surface area contributed by atoms with Gasteiger partial charge in [-0.05, 0) is 36.4 Å². The van der Waals surface area contributed by atoms with Crippen LogP contribution in [0.25, 0.3) is 28.0 Å². The van der Waals surface area contributed by atoms with Gasteiger partial charge in [-0.25, -0.2) is 9.67 Å². The van der Waals surface area contributed by atoms with Crippen LogP contribution in [-0.4, -0.2) is 51.4 Å². The Morgan fingerprint density at radius 1 is 0.931 bits per heavy atom. The number of phenolic OH excluding ortho intramolecular Hbond substituents is 1. The molecule has 2 aromatic heterocycles. The third-order valence-corrected chi connectivity index (χ3v) is 4.30. The van der Waals surface area contributed by atoms with Crippen molar-refractivity contribution in [3.8, 4) is 28.6 Å². The standard InChI is InChI=1S/C21H21N5O3/c22-10-11-28-12-13-29-20-3-1-2-15-4-9-18(23-21(15)20)19-14-26(25-24-19)16-5-7-17(27)8-6-16/h1-9,14,27H,10-13,22H2. The average Bonchev–Trinajstić information content (AvgIpc) is 3.24. The normalized spacial score (nSPS) is 11.1. The van der Waals surface area contributed by atoms with Crippen LogP contribution in [0, 0.1) is 0 Å². The lowest BCUT2D eigenvalue weighted by Crippen LogP contribution is -2.13. The molecule has 0 saturated heterocycles. The number of nitrogens with two attached hydrogens (primary N) is 1. The number of rotatable bonds is 8. The van der Waals surface area contributed by atoms with Gasteiger partial charge < -0.3 is 20.3 Å². The summed E-state index contributed by atoms with van der Waals surface area (Å²) in [5, 5.41) is 18.8. The second-order valence-corrected chi connectivity index (χ2v) is 6.34. The predicted octanol–water partition coefficient (Wildman–Crippen LogP) is 2.54. The summed E-state index contributed by atoms with van der Waals surface area (Å²) in [6.07, 6.45) is 1.80. The van der Waals surface area contributed by atoms with Gasteiger partial charge in [0.15, 0.2) is 0 Å². The Labute approximate surface area is 167 Å². The molecule has 8 heteroatoms. The van der Waals surface area contributed by atoms with Crippen molar-refractivity contribution in [2.24, 2.45) is 5.73 Å². The molecule has 0 atom stereocenters. The van der Waals surface area contributed by atoms with E-state index >= 15 is 0 Å². The van der Waals surface area contributed by atoms with E-state index in [1.807, 2.05) is 30.3 Å². The molecule has 0 amide bonds. The van der Waals surface area contributed by atoms with Crippen molar-refractivity contribution < 1.29 is 14.6 Å². The van der Waals surface area contributed by atoms with Crippen LogP contribution in [0.3, 0.4) is 0 Å². The van der Waals surface area contributed by atoms with E-state index in [4.69, 9.17) is 20.2 Å². The number of fused-ring (bicyclic) bond motifs is 1. The number of phenols is 1. The molecule has 4 aromatic rings. The number of nitrogens with zero attached hydrogens (tertiary/aromatic N) is 4. The molecule has 4 rings (SSSR count). The molecule has 0 aliphatic heterocycles. The zero-order valence-electron chi connectivity index (χ0n) is 15.7. The minimum absolute atomic E-state index is 0.200. The number of aromatic nitrogens is 4. The Kier molecular flexibility index (Phi) is 5.64. The highest BCUT2D eigenvalue weighted by molar-refractivity contribution is 5.86. The topological polar surface area (TPSA) is 108 Å². The van der Waals surface area contributed by atoms with E-state index in [-0.39, 0.29) is 5.75 Å². The Morgan fingerprint density at radius 3 is 2.62 bits per heavy atom. The van der Waals surface area contributed by atoms with Gasteiger partial charge >= 0.3 is 0 Å². The van der Waals surface area contributed by atoms with E-state index < -0.39 is 0 Å². The molecular formula is C21H21N5O3. The monoisotopic (exact) mass is 391 g/mol. The molecule has 0 saturated carbocycles. The lowest BCUT2D eigenvalue weighted by molar-refractivity contribution is 0.106.